The molecule has 0 fully saturated rings. The average Bonchev–Trinajstić information content (AvgIpc) is 2.49. The molecule has 0 bridgehead atoms. The van der Waals surface area contributed by atoms with Gasteiger partial charge in [-0.3, -0.25) is 0 Å². The number of rotatable bonds is 5. The summed E-state index contributed by atoms with van der Waals surface area (Å²) in [5, 5.41) is 9.17. The molecule has 3 nitrogen and oxygen atoms in total. The molecule has 0 amide bonds. The second-order valence-corrected chi connectivity index (χ2v) is 6.83. The van der Waals surface area contributed by atoms with Gasteiger partial charge in [0, 0.05) is 18.3 Å². The average molecular weight is 563 g/mol. The highest BCUT2D eigenvalue weighted by molar-refractivity contribution is 14.1. The lowest BCUT2D eigenvalue weighted by atomic mass is 10.0. The third-order valence-corrected chi connectivity index (χ3v) is 4.12. The van der Waals surface area contributed by atoms with Gasteiger partial charge in [-0.15, -0.1) is 0 Å². The van der Waals surface area contributed by atoms with Crippen molar-refractivity contribution in [1.29, 1.82) is 5.26 Å². The molecule has 0 unspecified atom stereocenters. The molecule has 0 spiro atoms. The normalized spacial score (nSPS) is 10.8. The highest BCUT2D eigenvalue weighted by atomic mass is 127. The van der Waals surface area contributed by atoms with Gasteiger partial charge in [-0.2, -0.15) is 22.8 Å². The molecule has 0 aliphatic heterocycles. The summed E-state index contributed by atoms with van der Waals surface area (Å²) in [6.45, 7) is -6.25. The maximum atomic E-state index is 12.7. The molecule has 2 aromatic carbocycles. The molecule has 0 N–H and O–H groups in total. The molecule has 0 aliphatic carbocycles. The summed E-state index contributed by atoms with van der Waals surface area (Å²) in [5.74, 6) is -0.579. The van der Waals surface area contributed by atoms with Crippen molar-refractivity contribution in [2.24, 2.45) is 0 Å². The molecule has 0 saturated carbocycles. The quantitative estimate of drug-likeness (QED) is 0.350. The van der Waals surface area contributed by atoms with Gasteiger partial charge in [0.05, 0.1) is 5.56 Å². The zero-order valence-electron chi connectivity index (χ0n) is 11.6. The smallest absolute Gasteiger partial charge is 0.387 e. The molecule has 0 heterocycles. The summed E-state index contributed by atoms with van der Waals surface area (Å²) < 4.78 is 60.9. The molecule has 0 aliphatic rings. The third-order valence-electron chi connectivity index (χ3n) is 2.83. The Bertz CT molecular complexity index is 794. The van der Waals surface area contributed by atoms with Crippen molar-refractivity contribution >= 4 is 45.2 Å². The topological polar surface area (TPSA) is 42.2 Å². The maximum Gasteiger partial charge on any atom is 0.387 e. The fraction of sp³-hybridized carbons (Fsp3) is 0.133. The van der Waals surface area contributed by atoms with Crippen LogP contribution in [0, 0.1) is 18.5 Å². The standard InChI is InChI=1S/C15H7F4I2NO2/c16-14(17)23-12-2-1-8(20)4-10(12)11-5-9(21)3-7(6-22)13(11)24-15(18)19/h1-5,14-15H. The number of alkyl halides is 4. The highest BCUT2D eigenvalue weighted by Crippen LogP contribution is 2.41. The molecule has 24 heavy (non-hydrogen) atoms. The van der Waals surface area contributed by atoms with Crippen LogP contribution in [0.4, 0.5) is 17.6 Å². The largest absolute Gasteiger partial charge is 0.434 e. The Morgan fingerprint density at radius 1 is 0.875 bits per heavy atom. The van der Waals surface area contributed by atoms with Gasteiger partial charge in [-0.25, -0.2) is 0 Å². The van der Waals surface area contributed by atoms with E-state index >= 15 is 0 Å². The highest BCUT2D eigenvalue weighted by Gasteiger charge is 2.21. The summed E-state index contributed by atoms with van der Waals surface area (Å²) in [6.07, 6.45) is 0. The number of nitrogens with zero attached hydrogens (tertiary/aromatic N) is 1. The molecule has 0 radical (unpaired) electrons. The summed E-state index contributed by atoms with van der Waals surface area (Å²) in [7, 11) is 0. The van der Waals surface area contributed by atoms with E-state index < -0.39 is 13.2 Å². The van der Waals surface area contributed by atoms with Crippen molar-refractivity contribution in [1.82, 2.24) is 0 Å². The summed E-state index contributed by atoms with van der Waals surface area (Å²) in [6, 6.07) is 8.93. The molecular formula is C15H7F4I2NO2. The minimum atomic E-state index is -3.17. The predicted octanol–water partition coefficient (Wildman–Crippen LogP) is 5.64. The Balaban J connectivity index is 2.74. The molecule has 9 heteroatoms. The molecule has 2 aromatic rings. The molecule has 0 saturated heterocycles. The van der Waals surface area contributed by atoms with Crippen molar-refractivity contribution in [3.05, 3.63) is 43.0 Å². The lowest BCUT2D eigenvalue weighted by Gasteiger charge is -2.16. The second kappa shape index (κ2) is 8.19. The number of ether oxygens (including phenoxy) is 2. The summed E-state index contributed by atoms with van der Waals surface area (Å²) >= 11 is 3.84. The van der Waals surface area contributed by atoms with E-state index in [2.05, 4.69) is 9.47 Å². The maximum absolute atomic E-state index is 12.7. The van der Waals surface area contributed by atoms with E-state index in [0.717, 1.165) is 0 Å². The van der Waals surface area contributed by atoms with Crippen molar-refractivity contribution in [2.75, 3.05) is 0 Å². The zero-order chi connectivity index (χ0) is 17.9. The first-order valence-electron chi connectivity index (χ1n) is 6.25. The molecule has 2 rings (SSSR count). The van der Waals surface area contributed by atoms with E-state index in [1.807, 2.05) is 45.2 Å². The van der Waals surface area contributed by atoms with Crippen molar-refractivity contribution in [3.8, 4) is 28.7 Å². The van der Waals surface area contributed by atoms with Crippen LogP contribution in [0.5, 0.6) is 11.5 Å². The van der Waals surface area contributed by atoms with Gasteiger partial charge in [-0.1, -0.05) is 0 Å². The fourth-order valence-corrected chi connectivity index (χ4v) is 3.12. The van der Waals surface area contributed by atoms with Crippen molar-refractivity contribution in [3.63, 3.8) is 0 Å². The number of halogens is 6. The zero-order valence-corrected chi connectivity index (χ0v) is 15.9. The van der Waals surface area contributed by atoms with E-state index in [0.29, 0.717) is 7.14 Å². The van der Waals surface area contributed by atoms with E-state index in [1.54, 1.807) is 6.07 Å². The minimum Gasteiger partial charge on any atom is -0.434 e. The number of hydrogen-bond acceptors (Lipinski definition) is 3. The third kappa shape index (κ3) is 4.62. The van der Waals surface area contributed by atoms with Crippen LogP contribution in [0.2, 0.25) is 0 Å². The first-order chi connectivity index (χ1) is 11.3. The molecule has 126 valence electrons. The lowest BCUT2D eigenvalue weighted by Crippen LogP contribution is -2.07. The van der Waals surface area contributed by atoms with Crippen molar-refractivity contribution in [2.45, 2.75) is 13.2 Å². The Kier molecular flexibility index (Phi) is 6.50. The summed E-state index contributed by atoms with van der Waals surface area (Å²) in [5.41, 5.74) is 0.0832. The van der Waals surface area contributed by atoms with Crippen LogP contribution in [0.25, 0.3) is 11.1 Å². The first kappa shape index (κ1) is 19.0. The first-order valence-corrected chi connectivity index (χ1v) is 8.40. The SMILES string of the molecule is N#Cc1cc(I)cc(-c2cc(I)ccc2OC(F)F)c1OC(F)F. The van der Waals surface area contributed by atoms with E-state index in [1.165, 1.54) is 30.3 Å². The summed E-state index contributed by atoms with van der Waals surface area (Å²) in [4.78, 5) is 0. The van der Waals surface area contributed by atoms with E-state index in [9.17, 15) is 17.6 Å². The van der Waals surface area contributed by atoms with E-state index in [4.69, 9.17) is 5.26 Å². The second-order valence-electron chi connectivity index (χ2n) is 4.34. The van der Waals surface area contributed by atoms with Crippen LogP contribution < -0.4 is 9.47 Å². The van der Waals surface area contributed by atoms with Gasteiger partial charge < -0.3 is 9.47 Å². The Morgan fingerprint density at radius 3 is 2.08 bits per heavy atom. The minimum absolute atomic E-state index is 0.0768. The van der Waals surface area contributed by atoms with Gasteiger partial charge in [0.2, 0.25) is 0 Å². The lowest BCUT2D eigenvalue weighted by molar-refractivity contribution is -0.0514. The molecule has 0 atom stereocenters. The van der Waals surface area contributed by atoms with Crippen LogP contribution in [-0.4, -0.2) is 13.2 Å². The van der Waals surface area contributed by atoms with Crippen LogP contribution in [0.1, 0.15) is 5.56 Å². The van der Waals surface area contributed by atoms with Crippen LogP contribution in [-0.2, 0) is 0 Å². The predicted molar refractivity (Wildman–Crippen MR) is 95.3 cm³/mol. The van der Waals surface area contributed by atoms with Crippen LogP contribution in [0.3, 0.4) is 0 Å². The number of benzene rings is 2. The van der Waals surface area contributed by atoms with Gasteiger partial charge in [0.1, 0.15) is 11.8 Å². The van der Waals surface area contributed by atoms with Crippen LogP contribution >= 0.6 is 45.2 Å². The fourth-order valence-electron chi connectivity index (χ4n) is 2.00. The Morgan fingerprint density at radius 2 is 1.50 bits per heavy atom. The van der Waals surface area contributed by atoms with Gasteiger partial charge in [0.15, 0.2) is 5.75 Å². The molecule has 0 aromatic heterocycles. The Labute approximate surface area is 161 Å². The van der Waals surface area contributed by atoms with Crippen LogP contribution in [0.15, 0.2) is 30.3 Å². The van der Waals surface area contributed by atoms with Gasteiger partial charge in [0.25, 0.3) is 0 Å². The van der Waals surface area contributed by atoms with Gasteiger partial charge >= 0.3 is 13.2 Å². The monoisotopic (exact) mass is 563 g/mol. The molecular weight excluding hydrogens is 556 g/mol. The Hall–Kier alpha value is -1.29. The number of nitriles is 1. The van der Waals surface area contributed by atoms with E-state index in [-0.39, 0.29) is 28.2 Å². The number of hydrogen-bond donors (Lipinski definition) is 0. The van der Waals surface area contributed by atoms with Crippen molar-refractivity contribution < 1.29 is 27.0 Å². The van der Waals surface area contributed by atoms with Gasteiger partial charge in [-0.05, 0) is 75.5 Å².